The SMILES string of the molecule is COc1cc2[nH]c(C)c(-c3ccc(Oc4ccc(OC(C)(C)C)cc4)cc3)c(=O)c2cc1C. The van der Waals surface area contributed by atoms with Crippen molar-refractivity contribution < 1.29 is 14.2 Å². The first-order chi connectivity index (χ1) is 15.6. The number of aryl methyl sites for hydroxylation is 2. The van der Waals surface area contributed by atoms with Crippen LogP contribution in [-0.4, -0.2) is 17.7 Å². The van der Waals surface area contributed by atoms with E-state index in [2.05, 4.69) is 4.98 Å². The van der Waals surface area contributed by atoms with Gasteiger partial charge in [0.05, 0.1) is 12.6 Å². The quantitative estimate of drug-likeness (QED) is 0.369. The summed E-state index contributed by atoms with van der Waals surface area (Å²) >= 11 is 0. The lowest BCUT2D eigenvalue weighted by molar-refractivity contribution is 0.131. The van der Waals surface area contributed by atoms with Crippen LogP contribution < -0.4 is 19.6 Å². The van der Waals surface area contributed by atoms with Crippen LogP contribution in [0.3, 0.4) is 0 Å². The summed E-state index contributed by atoms with van der Waals surface area (Å²) in [5, 5.41) is 0.645. The number of fused-ring (bicyclic) bond motifs is 1. The van der Waals surface area contributed by atoms with Crippen LogP contribution in [0.15, 0.2) is 65.5 Å². The molecule has 4 rings (SSSR count). The van der Waals surface area contributed by atoms with Crippen LogP contribution in [0.1, 0.15) is 32.0 Å². The Balaban J connectivity index is 1.60. The highest BCUT2D eigenvalue weighted by Gasteiger charge is 2.14. The molecule has 1 N–H and O–H groups in total. The molecule has 1 heterocycles. The molecule has 33 heavy (non-hydrogen) atoms. The van der Waals surface area contributed by atoms with Crippen LogP contribution in [0, 0.1) is 13.8 Å². The van der Waals surface area contributed by atoms with Gasteiger partial charge in [0.25, 0.3) is 0 Å². The van der Waals surface area contributed by atoms with Gasteiger partial charge in [-0.15, -0.1) is 0 Å². The van der Waals surface area contributed by atoms with Crippen molar-refractivity contribution in [1.29, 1.82) is 0 Å². The first kappa shape index (κ1) is 22.5. The van der Waals surface area contributed by atoms with E-state index in [4.69, 9.17) is 14.2 Å². The van der Waals surface area contributed by atoms with Gasteiger partial charge in [0.2, 0.25) is 0 Å². The van der Waals surface area contributed by atoms with Crippen molar-refractivity contribution in [3.8, 4) is 34.1 Å². The van der Waals surface area contributed by atoms with E-state index in [1.807, 2.05) is 95.3 Å². The number of aromatic amines is 1. The standard InChI is InChI=1S/C28H29NO4/c1-17-15-23-24(16-25(17)31-6)29-18(2)26(27(23)30)19-7-9-20(10-8-19)32-21-11-13-22(14-12-21)33-28(3,4)5/h7-16H,1-6H3,(H,29,30). The Morgan fingerprint density at radius 2 is 1.39 bits per heavy atom. The summed E-state index contributed by atoms with van der Waals surface area (Å²) in [7, 11) is 1.63. The Labute approximate surface area is 194 Å². The van der Waals surface area contributed by atoms with E-state index in [0.29, 0.717) is 22.4 Å². The number of H-pyrrole nitrogens is 1. The van der Waals surface area contributed by atoms with Crippen molar-refractivity contribution in [3.63, 3.8) is 0 Å². The third-order valence-electron chi connectivity index (χ3n) is 5.33. The van der Waals surface area contributed by atoms with Gasteiger partial charge in [-0.2, -0.15) is 0 Å². The summed E-state index contributed by atoms with van der Waals surface area (Å²) < 4.78 is 17.2. The zero-order valence-electron chi connectivity index (χ0n) is 19.9. The van der Waals surface area contributed by atoms with Crippen molar-refractivity contribution in [2.24, 2.45) is 0 Å². The van der Waals surface area contributed by atoms with E-state index in [-0.39, 0.29) is 11.0 Å². The van der Waals surface area contributed by atoms with E-state index < -0.39 is 0 Å². The van der Waals surface area contributed by atoms with Gasteiger partial charge in [0.15, 0.2) is 5.43 Å². The average molecular weight is 444 g/mol. The van der Waals surface area contributed by atoms with Crippen LogP contribution in [0.2, 0.25) is 0 Å². The van der Waals surface area contributed by atoms with Crippen molar-refractivity contribution >= 4 is 10.9 Å². The van der Waals surface area contributed by atoms with Crippen LogP contribution in [0.5, 0.6) is 23.0 Å². The Morgan fingerprint density at radius 3 is 1.97 bits per heavy atom. The van der Waals surface area contributed by atoms with E-state index >= 15 is 0 Å². The predicted octanol–water partition coefficient (Wildman–Crippen LogP) is 6.79. The molecule has 170 valence electrons. The van der Waals surface area contributed by atoms with E-state index in [9.17, 15) is 4.79 Å². The molecule has 0 atom stereocenters. The van der Waals surface area contributed by atoms with Crippen molar-refractivity contribution in [2.75, 3.05) is 7.11 Å². The van der Waals surface area contributed by atoms with Gasteiger partial charge >= 0.3 is 0 Å². The monoisotopic (exact) mass is 443 g/mol. The van der Waals surface area contributed by atoms with Crippen LogP contribution in [0.25, 0.3) is 22.0 Å². The average Bonchev–Trinajstić information content (AvgIpc) is 2.75. The molecule has 0 aliphatic carbocycles. The maximum Gasteiger partial charge on any atom is 0.197 e. The highest BCUT2D eigenvalue weighted by molar-refractivity contribution is 5.86. The third-order valence-corrected chi connectivity index (χ3v) is 5.33. The molecule has 0 unspecified atom stereocenters. The van der Waals surface area contributed by atoms with Gasteiger partial charge in [-0.1, -0.05) is 12.1 Å². The summed E-state index contributed by atoms with van der Waals surface area (Å²) in [4.78, 5) is 16.7. The first-order valence-corrected chi connectivity index (χ1v) is 10.9. The van der Waals surface area contributed by atoms with Crippen molar-refractivity contribution in [2.45, 2.75) is 40.2 Å². The van der Waals surface area contributed by atoms with Crippen molar-refractivity contribution in [3.05, 3.63) is 82.1 Å². The number of methoxy groups -OCH3 is 1. The molecule has 0 aliphatic heterocycles. The second-order valence-corrected chi connectivity index (χ2v) is 9.13. The maximum absolute atomic E-state index is 13.3. The second kappa shape index (κ2) is 8.66. The van der Waals surface area contributed by atoms with E-state index in [1.165, 1.54) is 0 Å². The van der Waals surface area contributed by atoms with E-state index in [1.54, 1.807) is 7.11 Å². The van der Waals surface area contributed by atoms with Gasteiger partial charge in [0, 0.05) is 22.7 Å². The lowest BCUT2D eigenvalue weighted by Crippen LogP contribution is -2.22. The van der Waals surface area contributed by atoms with Crippen LogP contribution in [-0.2, 0) is 0 Å². The molecule has 0 radical (unpaired) electrons. The summed E-state index contributed by atoms with van der Waals surface area (Å²) in [6.45, 7) is 9.89. The van der Waals surface area contributed by atoms with Crippen LogP contribution in [0.4, 0.5) is 0 Å². The zero-order valence-corrected chi connectivity index (χ0v) is 19.9. The molecular weight excluding hydrogens is 414 g/mol. The Kier molecular flexibility index (Phi) is 5.90. The third kappa shape index (κ3) is 4.87. The Bertz CT molecular complexity index is 1340. The number of pyridine rings is 1. The second-order valence-electron chi connectivity index (χ2n) is 9.13. The maximum atomic E-state index is 13.3. The zero-order chi connectivity index (χ0) is 23.8. The number of nitrogens with one attached hydrogen (secondary N) is 1. The lowest BCUT2D eigenvalue weighted by atomic mass is 10.00. The minimum atomic E-state index is -0.248. The smallest absolute Gasteiger partial charge is 0.197 e. The molecular formula is C28H29NO4. The van der Waals surface area contributed by atoms with Gasteiger partial charge < -0.3 is 19.2 Å². The minimum absolute atomic E-state index is 0.00453. The van der Waals surface area contributed by atoms with Crippen LogP contribution >= 0.6 is 0 Å². The van der Waals surface area contributed by atoms with Gasteiger partial charge in [-0.25, -0.2) is 0 Å². The Hall–Kier alpha value is -3.73. The molecule has 0 amide bonds. The van der Waals surface area contributed by atoms with Gasteiger partial charge in [0.1, 0.15) is 28.6 Å². The lowest BCUT2D eigenvalue weighted by Gasteiger charge is -2.21. The largest absolute Gasteiger partial charge is 0.496 e. The van der Waals surface area contributed by atoms with Crippen molar-refractivity contribution in [1.82, 2.24) is 4.98 Å². The normalized spacial score (nSPS) is 11.5. The molecule has 5 heteroatoms. The predicted molar refractivity (Wildman–Crippen MR) is 133 cm³/mol. The minimum Gasteiger partial charge on any atom is -0.496 e. The first-order valence-electron chi connectivity index (χ1n) is 10.9. The summed E-state index contributed by atoms with van der Waals surface area (Å²) in [5.41, 5.74) is 3.74. The molecule has 0 fully saturated rings. The molecule has 0 saturated carbocycles. The molecule has 0 bridgehead atoms. The molecule has 0 aliphatic rings. The topological polar surface area (TPSA) is 60.6 Å². The molecule has 0 saturated heterocycles. The fraction of sp³-hybridized carbons (Fsp3) is 0.250. The Morgan fingerprint density at radius 1 is 0.818 bits per heavy atom. The highest BCUT2D eigenvalue weighted by Crippen LogP contribution is 2.30. The van der Waals surface area contributed by atoms with Gasteiger partial charge in [-0.05, 0) is 88.2 Å². The number of aromatic nitrogens is 1. The number of rotatable bonds is 5. The highest BCUT2D eigenvalue weighted by atomic mass is 16.5. The molecule has 1 aromatic heterocycles. The number of benzene rings is 3. The van der Waals surface area contributed by atoms with E-state index in [0.717, 1.165) is 33.8 Å². The molecule has 4 aromatic rings. The fourth-order valence-corrected chi connectivity index (χ4v) is 3.87. The summed E-state index contributed by atoms with van der Waals surface area (Å²) in [6.07, 6.45) is 0. The fourth-order valence-electron chi connectivity index (χ4n) is 3.87. The molecule has 5 nitrogen and oxygen atoms in total. The van der Waals surface area contributed by atoms with Gasteiger partial charge in [-0.3, -0.25) is 4.79 Å². The summed E-state index contributed by atoms with van der Waals surface area (Å²) in [5.74, 6) is 2.96. The summed E-state index contributed by atoms with van der Waals surface area (Å²) in [6, 6.07) is 18.9. The number of ether oxygens (including phenoxy) is 3. The molecule has 3 aromatic carbocycles. The molecule has 0 spiro atoms. The number of hydrogen-bond donors (Lipinski definition) is 1. The number of hydrogen-bond acceptors (Lipinski definition) is 4.